The van der Waals surface area contributed by atoms with Crippen molar-refractivity contribution >= 4 is 11.6 Å². The molecule has 0 aliphatic heterocycles. The third-order valence-corrected chi connectivity index (χ3v) is 6.09. The Morgan fingerprint density at radius 1 is 1.31 bits per heavy atom. The first-order chi connectivity index (χ1) is 15.5. The minimum Gasteiger partial charge on any atom is -0.504 e. The smallest absolute Gasteiger partial charge is 0.173 e. The summed E-state index contributed by atoms with van der Waals surface area (Å²) in [5, 5.41) is 15.7. The van der Waals surface area contributed by atoms with E-state index in [2.05, 4.69) is 35.7 Å². The highest BCUT2D eigenvalue weighted by atomic mass is 16.3. The first kappa shape index (κ1) is 21.6. The van der Waals surface area contributed by atoms with E-state index in [9.17, 15) is 5.11 Å². The van der Waals surface area contributed by atoms with Crippen molar-refractivity contribution in [3.05, 3.63) is 78.2 Å². The van der Waals surface area contributed by atoms with Crippen LogP contribution >= 0.6 is 0 Å². The molecule has 0 saturated carbocycles. The second kappa shape index (κ2) is 8.85. The van der Waals surface area contributed by atoms with E-state index >= 15 is 0 Å². The molecule has 2 unspecified atom stereocenters. The van der Waals surface area contributed by atoms with Gasteiger partial charge in [-0.05, 0) is 36.6 Å². The highest BCUT2D eigenvalue weighted by molar-refractivity contribution is 5.79. The number of aryl methyl sites for hydroxylation is 1. The highest BCUT2D eigenvalue weighted by Crippen LogP contribution is 2.39. The van der Waals surface area contributed by atoms with Crippen LogP contribution in [0.5, 0.6) is 5.75 Å². The molecular weight excluding hydrogens is 398 g/mol. The van der Waals surface area contributed by atoms with Gasteiger partial charge in [-0.1, -0.05) is 68.1 Å². The number of nitrogens with zero attached hydrogens (tertiary/aromatic N) is 3. The molecule has 0 radical (unpaired) electrons. The number of nitrogens with one attached hydrogen (secondary N) is 1. The average molecular weight is 428 g/mol. The Labute approximate surface area is 188 Å². The van der Waals surface area contributed by atoms with Crippen LogP contribution in [0.2, 0.25) is 0 Å². The monoisotopic (exact) mass is 427 g/mol. The molecular formula is C26H29N5O. The zero-order valence-corrected chi connectivity index (χ0v) is 18.7. The minimum absolute atomic E-state index is 0.108. The van der Waals surface area contributed by atoms with Crippen LogP contribution in [0.3, 0.4) is 0 Å². The van der Waals surface area contributed by atoms with Gasteiger partial charge in [0.15, 0.2) is 11.6 Å². The van der Waals surface area contributed by atoms with Crippen molar-refractivity contribution in [2.24, 2.45) is 18.7 Å². The number of hydrogen-bond donors (Lipinski definition) is 3. The van der Waals surface area contributed by atoms with Gasteiger partial charge in [0, 0.05) is 24.2 Å². The molecule has 1 aliphatic carbocycles. The Bertz CT molecular complexity index is 1220. The number of aromatic hydroxyl groups is 1. The Hall–Kier alpha value is -3.64. The van der Waals surface area contributed by atoms with Crippen molar-refractivity contribution < 1.29 is 5.11 Å². The topological polar surface area (TPSA) is 92.8 Å². The standard InChI is InChI=1S/C26H29N5O/c1-5-7-8-17(6-2)18-9-11-19(12-10-18)23-25(32)24(31(4)30-23)26-28-21-14-13-20(15-27)16(3)22(21)29-26/h5-14,16,20,32H,1,15,27H2,2-4H3,(H,28,29)/b8-7-,17-6+. The first-order valence-corrected chi connectivity index (χ1v) is 10.8. The first-order valence-electron chi connectivity index (χ1n) is 10.8. The Balaban J connectivity index is 1.69. The van der Waals surface area contributed by atoms with Gasteiger partial charge in [-0.3, -0.25) is 4.68 Å². The van der Waals surface area contributed by atoms with Gasteiger partial charge in [-0.15, -0.1) is 0 Å². The fourth-order valence-corrected chi connectivity index (χ4v) is 4.19. The third-order valence-electron chi connectivity index (χ3n) is 6.09. The summed E-state index contributed by atoms with van der Waals surface area (Å²) in [5.41, 5.74) is 11.9. The molecule has 4 rings (SSSR count). The van der Waals surface area contributed by atoms with Gasteiger partial charge in [0.1, 0.15) is 11.4 Å². The number of imidazole rings is 1. The molecule has 0 amide bonds. The number of aromatic nitrogens is 4. The van der Waals surface area contributed by atoms with E-state index in [0.717, 1.165) is 28.1 Å². The van der Waals surface area contributed by atoms with E-state index in [1.54, 1.807) is 10.8 Å². The van der Waals surface area contributed by atoms with E-state index in [1.165, 1.54) is 0 Å². The molecule has 6 heteroatoms. The number of hydrogen-bond acceptors (Lipinski definition) is 4. The van der Waals surface area contributed by atoms with Crippen molar-refractivity contribution in [3.8, 4) is 28.5 Å². The summed E-state index contributed by atoms with van der Waals surface area (Å²) >= 11 is 0. The number of allylic oxidation sites excluding steroid dienone is 5. The van der Waals surface area contributed by atoms with Crippen LogP contribution in [-0.4, -0.2) is 31.4 Å². The summed E-state index contributed by atoms with van der Waals surface area (Å²) in [7, 11) is 1.81. The number of H-pyrrole nitrogens is 1. The summed E-state index contributed by atoms with van der Waals surface area (Å²) in [4.78, 5) is 8.12. The van der Waals surface area contributed by atoms with Crippen LogP contribution in [0, 0.1) is 5.92 Å². The maximum atomic E-state index is 11.1. The molecule has 2 atom stereocenters. The molecule has 1 aromatic carbocycles. The quantitative estimate of drug-likeness (QED) is 0.481. The zero-order chi connectivity index (χ0) is 22.8. The van der Waals surface area contributed by atoms with E-state index in [-0.39, 0.29) is 17.6 Å². The van der Waals surface area contributed by atoms with Gasteiger partial charge in [0.25, 0.3) is 0 Å². The van der Waals surface area contributed by atoms with Crippen LogP contribution in [-0.2, 0) is 7.05 Å². The van der Waals surface area contributed by atoms with Crippen molar-refractivity contribution in [2.45, 2.75) is 19.8 Å². The summed E-state index contributed by atoms with van der Waals surface area (Å²) in [6.07, 6.45) is 11.8. The van der Waals surface area contributed by atoms with Crippen molar-refractivity contribution in [3.63, 3.8) is 0 Å². The highest BCUT2D eigenvalue weighted by Gasteiger charge is 2.27. The Morgan fingerprint density at radius 3 is 2.72 bits per heavy atom. The zero-order valence-electron chi connectivity index (χ0n) is 18.7. The number of nitrogens with two attached hydrogens (primary N) is 1. The lowest BCUT2D eigenvalue weighted by Gasteiger charge is -2.22. The molecule has 0 bridgehead atoms. The van der Waals surface area contributed by atoms with Gasteiger partial charge >= 0.3 is 0 Å². The summed E-state index contributed by atoms with van der Waals surface area (Å²) < 4.78 is 1.67. The fraction of sp³-hybridized carbons (Fsp3) is 0.231. The van der Waals surface area contributed by atoms with Gasteiger partial charge in [-0.2, -0.15) is 5.10 Å². The number of rotatable bonds is 6. The lowest BCUT2D eigenvalue weighted by atomic mass is 9.86. The molecule has 4 N–H and O–H groups in total. The van der Waals surface area contributed by atoms with Crippen molar-refractivity contribution in [1.82, 2.24) is 19.7 Å². The van der Waals surface area contributed by atoms with Gasteiger partial charge in [0.05, 0.1) is 5.69 Å². The second-order valence-electron chi connectivity index (χ2n) is 8.02. The minimum atomic E-state index is 0.108. The molecule has 32 heavy (non-hydrogen) atoms. The van der Waals surface area contributed by atoms with Crippen LogP contribution in [0.4, 0.5) is 0 Å². The van der Waals surface area contributed by atoms with Gasteiger partial charge < -0.3 is 15.8 Å². The molecule has 0 fully saturated rings. The van der Waals surface area contributed by atoms with Gasteiger partial charge in [0.2, 0.25) is 0 Å². The molecule has 164 valence electrons. The lowest BCUT2D eigenvalue weighted by Crippen LogP contribution is -2.21. The molecule has 0 spiro atoms. The Morgan fingerprint density at radius 2 is 2.06 bits per heavy atom. The molecule has 3 aromatic rings. The normalized spacial score (nSPS) is 18.3. The second-order valence-corrected chi connectivity index (χ2v) is 8.02. The number of fused-ring (bicyclic) bond motifs is 1. The largest absolute Gasteiger partial charge is 0.504 e. The SMILES string of the molecule is C=C/C=C\C(=C/C)c1ccc(-c2nn(C)c(-c3nc4c([nH]3)C(C)C(CN)C=C4)c2O)cc1. The number of aromatic amines is 1. The third kappa shape index (κ3) is 3.74. The molecule has 2 heterocycles. The van der Waals surface area contributed by atoms with Crippen molar-refractivity contribution in [2.75, 3.05) is 6.54 Å². The van der Waals surface area contributed by atoms with Crippen LogP contribution in [0.15, 0.2) is 61.2 Å². The predicted octanol–water partition coefficient (Wildman–Crippen LogP) is 5.03. The molecule has 0 saturated heterocycles. The molecule has 1 aliphatic rings. The van der Waals surface area contributed by atoms with E-state index in [1.807, 2.05) is 56.5 Å². The summed E-state index contributed by atoms with van der Waals surface area (Å²) in [5.74, 6) is 1.22. The predicted molar refractivity (Wildman–Crippen MR) is 131 cm³/mol. The maximum Gasteiger partial charge on any atom is 0.173 e. The van der Waals surface area contributed by atoms with Crippen LogP contribution in [0.1, 0.15) is 36.7 Å². The Kier molecular flexibility index (Phi) is 5.97. The summed E-state index contributed by atoms with van der Waals surface area (Å²) in [6, 6.07) is 7.99. The summed E-state index contributed by atoms with van der Waals surface area (Å²) in [6.45, 7) is 8.45. The van der Waals surface area contributed by atoms with Crippen LogP contribution in [0.25, 0.3) is 34.4 Å². The molecule has 2 aromatic heterocycles. The maximum absolute atomic E-state index is 11.1. The van der Waals surface area contributed by atoms with Gasteiger partial charge in [-0.25, -0.2) is 4.98 Å². The van der Waals surface area contributed by atoms with E-state index in [0.29, 0.717) is 23.8 Å². The lowest BCUT2D eigenvalue weighted by molar-refractivity contribution is 0.478. The molecule has 6 nitrogen and oxygen atoms in total. The average Bonchev–Trinajstić information content (AvgIpc) is 3.35. The van der Waals surface area contributed by atoms with Crippen molar-refractivity contribution in [1.29, 1.82) is 0 Å². The van der Waals surface area contributed by atoms with Crippen LogP contribution < -0.4 is 5.73 Å². The fourth-order valence-electron chi connectivity index (χ4n) is 4.19. The van der Waals surface area contributed by atoms with E-state index in [4.69, 9.17) is 10.7 Å². The van der Waals surface area contributed by atoms with E-state index < -0.39 is 0 Å². The number of benzene rings is 1.